The van der Waals surface area contributed by atoms with Crippen molar-refractivity contribution in [2.24, 2.45) is 0 Å². The largest absolute Gasteiger partial charge is 0.508 e. The summed E-state index contributed by atoms with van der Waals surface area (Å²) in [5.74, 6) is -0.631. The summed E-state index contributed by atoms with van der Waals surface area (Å²) < 4.78 is 26.9. The number of benzene rings is 2. The molecule has 0 unspecified atom stereocenters. The Morgan fingerprint density at radius 1 is 0.892 bits per heavy atom. The van der Waals surface area contributed by atoms with Crippen molar-refractivity contribution in [3.63, 3.8) is 0 Å². The summed E-state index contributed by atoms with van der Waals surface area (Å²) in [6.45, 7) is -1.50. The number of rotatable bonds is 8. The zero-order valence-electron chi connectivity index (χ0n) is 19.4. The number of hydrogen-bond donors (Lipinski definition) is 7. The van der Waals surface area contributed by atoms with Gasteiger partial charge in [0.1, 0.15) is 54.4 Å². The Hall–Kier alpha value is -3.01. The first-order valence-electron chi connectivity index (χ1n) is 11.3. The molecule has 202 valence electrons. The Morgan fingerprint density at radius 2 is 1.51 bits per heavy atom. The summed E-state index contributed by atoms with van der Waals surface area (Å²) in [5, 5.41) is 70.7. The minimum atomic E-state index is -2.00. The van der Waals surface area contributed by atoms with Crippen molar-refractivity contribution >= 4 is 5.97 Å². The van der Waals surface area contributed by atoms with Crippen molar-refractivity contribution in [1.82, 2.24) is 0 Å². The van der Waals surface area contributed by atoms with E-state index in [4.69, 9.17) is 23.7 Å². The highest BCUT2D eigenvalue weighted by atomic mass is 16.7. The van der Waals surface area contributed by atoms with Gasteiger partial charge in [-0.2, -0.15) is 0 Å². The summed E-state index contributed by atoms with van der Waals surface area (Å²) in [6.07, 6.45) is -10.5. The molecule has 0 aliphatic carbocycles. The van der Waals surface area contributed by atoms with Crippen LogP contribution in [0.3, 0.4) is 0 Å². The lowest BCUT2D eigenvalue weighted by Gasteiger charge is -2.40. The monoisotopic (exact) mass is 524 g/mol. The first kappa shape index (κ1) is 27.0. The predicted molar refractivity (Wildman–Crippen MR) is 120 cm³/mol. The smallest absolute Gasteiger partial charge is 0.338 e. The molecule has 2 saturated heterocycles. The number of phenols is 2. The Bertz CT molecular complexity index is 1050. The average molecular weight is 524 g/mol. The molecular formula is C24H28O13. The molecule has 4 rings (SSSR count). The Kier molecular flexibility index (Phi) is 8.16. The fourth-order valence-electron chi connectivity index (χ4n) is 3.79. The van der Waals surface area contributed by atoms with E-state index < -0.39 is 74.5 Å². The zero-order valence-corrected chi connectivity index (χ0v) is 19.4. The maximum atomic E-state index is 12.2. The molecule has 2 aromatic carbocycles. The Labute approximate surface area is 210 Å². The molecule has 13 heteroatoms. The van der Waals surface area contributed by atoms with Gasteiger partial charge in [0.2, 0.25) is 6.29 Å². The number of aliphatic hydroxyl groups excluding tert-OH is 4. The lowest BCUT2D eigenvalue weighted by atomic mass is 9.99. The summed E-state index contributed by atoms with van der Waals surface area (Å²) in [7, 11) is 0. The Balaban J connectivity index is 1.31. The van der Waals surface area contributed by atoms with Gasteiger partial charge in [-0.1, -0.05) is 0 Å². The van der Waals surface area contributed by atoms with E-state index in [1.807, 2.05) is 0 Å². The SMILES string of the molecule is O=C(OC[C@@]1(O)CO[C@@H](OC[C@H]2O[C@@H](Oc3ccc(O)cc3)[C@H](O)[C@@H](O)[C@@H]2O)[C@@H]1O)c1ccc(O)cc1. The fraction of sp³-hybridized carbons (Fsp3) is 0.458. The molecule has 2 aromatic rings. The van der Waals surface area contributed by atoms with Gasteiger partial charge in [0.05, 0.1) is 18.8 Å². The number of aromatic hydroxyl groups is 2. The molecule has 8 atom stereocenters. The second kappa shape index (κ2) is 11.2. The Morgan fingerprint density at radius 3 is 2.16 bits per heavy atom. The number of esters is 1. The van der Waals surface area contributed by atoms with E-state index in [1.165, 1.54) is 48.5 Å². The third kappa shape index (κ3) is 6.11. The molecule has 2 heterocycles. The van der Waals surface area contributed by atoms with Crippen LogP contribution < -0.4 is 4.74 Å². The van der Waals surface area contributed by atoms with Crippen molar-refractivity contribution in [1.29, 1.82) is 0 Å². The van der Waals surface area contributed by atoms with Crippen LogP contribution in [0.4, 0.5) is 0 Å². The van der Waals surface area contributed by atoms with Gasteiger partial charge in [-0.25, -0.2) is 4.79 Å². The van der Waals surface area contributed by atoms with E-state index in [2.05, 4.69) is 0 Å². The van der Waals surface area contributed by atoms with E-state index >= 15 is 0 Å². The summed E-state index contributed by atoms with van der Waals surface area (Å²) in [5.41, 5.74) is -1.88. The van der Waals surface area contributed by atoms with Crippen LogP contribution in [-0.2, 0) is 18.9 Å². The van der Waals surface area contributed by atoms with Crippen LogP contribution >= 0.6 is 0 Å². The van der Waals surface area contributed by atoms with Gasteiger partial charge in [0.25, 0.3) is 0 Å². The van der Waals surface area contributed by atoms with Gasteiger partial charge < -0.3 is 59.4 Å². The molecule has 0 radical (unpaired) electrons. The highest BCUT2D eigenvalue weighted by Crippen LogP contribution is 2.29. The summed E-state index contributed by atoms with van der Waals surface area (Å²) >= 11 is 0. The number of phenolic OH excluding ortho intramolecular Hbond substituents is 2. The normalized spacial score (nSPS) is 33.7. The summed E-state index contributed by atoms with van der Waals surface area (Å²) in [4.78, 5) is 12.2. The summed E-state index contributed by atoms with van der Waals surface area (Å²) in [6, 6.07) is 10.8. The molecule has 7 N–H and O–H groups in total. The van der Waals surface area contributed by atoms with E-state index in [0.29, 0.717) is 0 Å². The quantitative estimate of drug-likeness (QED) is 0.199. The van der Waals surface area contributed by atoms with Crippen molar-refractivity contribution in [2.75, 3.05) is 19.8 Å². The van der Waals surface area contributed by atoms with Gasteiger partial charge >= 0.3 is 5.97 Å². The van der Waals surface area contributed by atoms with Gasteiger partial charge in [-0.15, -0.1) is 0 Å². The lowest BCUT2D eigenvalue weighted by Crippen LogP contribution is -2.60. The van der Waals surface area contributed by atoms with E-state index in [0.717, 1.165) is 0 Å². The molecule has 37 heavy (non-hydrogen) atoms. The zero-order chi connectivity index (χ0) is 26.7. The second-order valence-corrected chi connectivity index (χ2v) is 8.81. The number of aliphatic hydroxyl groups is 5. The highest BCUT2D eigenvalue weighted by molar-refractivity contribution is 5.89. The predicted octanol–water partition coefficient (Wildman–Crippen LogP) is -1.39. The molecule has 0 bridgehead atoms. The molecule has 2 aliphatic heterocycles. The minimum absolute atomic E-state index is 0.00982. The van der Waals surface area contributed by atoms with Crippen LogP contribution in [0.1, 0.15) is 10.4 Å². The van der Waals surface area contributed by atoms with Crippen molar-refractivity contribution < 1.29 is 64.2 Å². The molecule has 13 nitrogen and oxygen atoms in total. The van der Waals surface area contributed by atoms with E-state index in [1.54, 1.807) is 0 Å². The lowest BCUT2D eigenvalue weighted by molar-refractivity contribution is -0.289. The van der Waals surface area contributed by atoms with Crippen molar-refractivity contribution in [3.05, 3.63) is 54.1 Å². The number of carbonyl (C=O) groups excluding carboxylic acids is 1. The molecule has 0 amide bonds. The fourth-order valence-corrected chi connectivity index (χ4v) is 3.79. The van der Waals surface area contributed by atoms with Crippen molar-refractivity contribution in [2.45, 2.75) is 48.7 Å². The number of ether oxygens (including phenoxy) is 5. The first-order chi connectivity index (χ1) is 17.6. The molecular weight excluding hydrogens is 496 g/mol. The van der Waals surface area contributed by atoms with E-state index in [-0.39, 0.29) is 22.8 Å². The van der Waals surface area contributed by atoms with E-state index in [9.17, 15) is 40.5 Å². The van der Waals surface area contributed by atoms with Crippen LogP contribution in [0.25, 0.3) is 0 Å². The van der Waals surface area contributed by atoms with Crippen LogP contribution in [0.5, 0.6) is 17.2 Å². The molecule has 0 saturated carbocycles. The molecule has 2 aliphatic rings. The number of hydrogen-bond acceptors (Lipinski definition) is 13. The van der Waals surface area contributed by atoms with Crippen LogP contribution in [0.15, 0.2) is 48.5 Å². The molecule has 0 aromatic heterocycles. The van der Waals surface area contributed by atoms with Gasteiger partial charge in [0, 0.05) is 0 Å². The topological polar surface area (TPSA) is 205 Å². The standard InChI is InChI=1S/C24H28O13/c25-13-3-1-12(2-4-13)21(31)34-10-24(32)11-35-23(20(24)30)33-9-16-17(27)18(28)19(29)22(37-16)36-15-7-5-14(26)6-8-15/h1-8,16-20,22-23,25-30,32H,9-11H2/t16-,17-,18+,19-,20+,22-,23-,24-/m1/s1. The first-order valence-corrected chi connectivity index (χ1v) is 11.3. The molecule has 2 fully saturated rings. The highest BCUT2D eigenvalue weighted by Gasteiger charge is 2.51. The van der Waals surface area contributed by atoms with Gasteiger partial charge in [-0.3, -0.25) is 0 Å². The minimum Gasteiger partial charge on any atom is -0.508 e. The average Bonchev–Trinajstić information content (AvgIpc) is 3.17. The van der Waals surface area contributed by atoms with Gasteiger partial charge in [0.15, 0.2) is 11.9 Å². The third-order valence-corrected chi connectivity index (χ3v) is 6.04. The van der Waals surface area contributed by atoms with Crippen LogP contribution in [0, 0.1) is 0 Å². The van der Waals surface area contributed by atoms with Gasteiger partial charge in [-0.05, 0) is 48.5 Å². The third-order valence-electron chi connectivity index (χ3n) is 6.04. The van der Waals surface area contributed by atoms with Crippen LogP contribution in [-0.4, -0.2) is 110 Å². The molecule has 0 spiro atoms. The maximum Gasteiger partial charge on any atom is 0.338 e. The van der Waals surface area contributed by atoms with Crippen molar-refractivity contribution in [3.8, 4) is 17.2 Å². The number of carbonyl (C=O) groups is 1. The maximum absolute atomic E-state index is 12.2. The van der Waals surface area contributed by atoms with Crippen LogP contribution in [0.2, 0.25) is 0 Å². The second-order valence-electron chi connectivity index (χ2n) is 8.81.